The highest BCUT2D eigenvalue weighted by Crippen LogP contribution is 2.31. The van der Waals surface area contributed by atoms with E-state index < -0.39 is 144 Å². The van der Waals surface area contributed by atoms with Crippen molar-refractivity contribution in [3.63, 3.8) is 0 Å². The van der Waals surface area contributed by atoms with Gasteiger partial charge in [-0.2, -0.15) is 4.57 Å². The van der Waals surface area contributed by atoms with E-state index in [-0.39, 0.29) is 12.3 Å². The minimum Gasteiger partial charge on any atom is -0.404 e. The summed E-state index contributed by atoms with van der Waals surface area (Å²) in [5, 5.41) is 3.54. The number of nitrogens with zero attached hydrogens (tertiary/aromatic N) is 5. The summed E-state index contributed by atoms with van der Waals surface area (Å²) in [6.45, 7) is 0.123. The zero-order valence-corrected chi connectivity index (χ0v) is 33.3. The second-order valence-electron chi connectivity index (χ2n) is 13.9. The maximum atomic E-state index is 15.4. The van der Waals surface area contributed by atoms with Crippen LogP contribution in [0.3, 0.4) is 0 Å². The summed E-state index contributed by atoms with van der Waals surface area (Å²) in [5.41, 5.74) is -4.74. The Balaban J connectivity index is 0.000000270. The summed E-state index contributed by atoms with van der Waals surface area (Å²) in [7, 11) is 0. The van der Waals surface area contributed by atoms with E-state index in [4.69, 9.17) is 10.3 Å². The van der Waals surface area contributed by atoms with Gasteiger partial charge in [0.2, 0.25) is 12.3 Å². The summed E-state index contributed by atoms with van der Waals surface area (Å²) in [6.07, 6.45) is -2.43. The third-order valence-corrected chi connectivity index (χ3v) is 10.1. The van der Waals surface area contributed by atoms with Crippen LogP contribution in [-0.2, 0) is 6.54 Å². The summed E-state index contributed by atoms with van der Waals surface area (Å²) in [5.74, 6) is -70.6. The van der Waals surface area contributed by atoms with Gasteiger partial charge in [-0.15, -0.1) is 21.9 Å². The van der Waals surface area contributed by atoms with Gasteiger partial charge in [0.25, 0.3) is 0 Å². The van der Waals surface area contributed by atoms with Gasteiger partial charge in [-0.3, -0.25) is 4.79 Å². The monoisotopic (exact) mass is 1010 g/mol. The molecule has 0 amide bonds. The van der Waals surface area contributed by atoms with Crippen LogP contribution < -0.4 is 31.2 Å². The fourth-order valence-corrected chi connectivity index (χ4v) is 7.11. The highest BCUT2D eigenvalue weighted by atomic mass is 19.2. The largest absolute Gasteiger partial charge is 0.404 e. The molecule has 0 spiro atoms. The lowest BCUT2D eigenvalue weighted by molar-refractivity contribution is -0.687. The zero-order chi connectivity index (χ0) is 51.8. The first kappa shape index (κ1) is 51.2. The summed E-state index contributed by atoms with van der Waals surface area (Å²) < 4.78 is 301. The van der Waals surface area contributed by atoms with Gasteiger partial charge in [-0.1, -0.05) is 47.6 Å². The van der Waals surface area contributed by atoms with Crippen molar-refractivity contribution in [3.05, 3.63) is 206 Å². The number of rotatable bonds is 10. The van der Waals surface area contributed by atoms with Crippen molar-refractivity contribution in [3.8, 4) is 11.6 Å². The van der Waals surface area contributed by atoms with Crippen molar-refractivity contribution in [2.45, 2.75) is 6.54 Å². The minimum atomic E-state index is -7.22. The third-order valence-electron chi connectivity index (χ3n) is 10.1. The van der Waals surface area contributed by atoms with Crippen LogP contribution in [0.25, 0.3) is 10.4 Å². The van der Waals surface area contributed by atoms with Gasteiger partial charge in [0.05, 0.1) is 6.20 Å². The topological polar surface area (TPSA) is 91.8 Å². The zero-order valence-electron chi connectivity index (χ0n) is 33.3. The Labute approximate surface area is 375 Å². The molecule has 70 heavy (non-hydrogen) atoms. The van der Waals surface area contributed by atoms with Gasteiger partial charge in [0.15, 0.2) is 76.0 Å². The summed E-state index contributed by atoms with van der Waals surface area (Å²) in [4.78, 5) is 19.2. The number of hydrogen-bond acceptors (Lipinski definition) is 4. The Hall–Kier alpha value is -8.16. The van der Waals surface area contributed by atoms with Gasteiger partial charge >= 0.3 is 5.88 Å². The van der Waals surface area contributed by atoms with Crippen molar-refractivity contribution < 1.29 is 102 Å². The molecule has 0 atom stereocenters. The Morgan fingerprint density at radius 3 is 1.23 bits per heavy atom. The molecule has 0 aliphatic rings. The third kappa shape index (κ3) is 8.53. The maximum Gasteiger partial charge on any atom is 0.392 e. The van der Waals surface area contributed by atoms with Crippen LogP contribution in [0.2, 0.25) is 0 Å². The average molecular weight is 1010 g/mol. The molecule has 7 rings (SSSR count). The van der Waals surface area contributed by atoms with E-state index in [0.29, 0.717) is 22.9 Å². The number of carbonyl (C=O) groups is 1. The van der Waals surface area contributed by atoms with Gasteiger partial charge in [0.1, 0.15) is 64.6 Å². The van der Waals surface area contributed by atoms with Crippen molar-refractivity contribution >= 4 is 39.5 Å². The Morgan fingerprint density at radius 2 is 0.871 bits per heavy atom. The van der Waals surface area contributed by atoms with Crippen LogP contribution >= 0.6 is 0 Å². The van der Waals surface area contributed by atoms with Crippen LogP contribution in [0.1, 0.15) is 10.4 Å². The van der Waals surface area contributed by atoms with Crippen molar-refractivity contribution in [1.82, 2.24) is 4.98 Å². The number of benzene rings is 6. The first-order valence-corrected chi connectivity index (χ1v) is 18.4. The van der Waals surface area contributed by atoms with Crippen molar-refractivity contribution in [2.24, 2.45) is 5.11 Å². The summed E-state index contributed by atoms with van der Waals surface area (Å²) >= 11 is 0. The van der Waals surface area contributed by atoms with Gasteiger partial charge in [0, 0.05) is 16.2 Å². The highest BCUT2D eigenvalue weighted by molar-refractivity contribution is 7.20. The lowest BCUT2D eigenvalue weighted by Gasteiger charge is -2.44. The second-order valence-corrected chi connectivity index (χ2v) is 13.9. The quantitative estimate of drug-likeness (QED) is 0.0157. The fraction of sp³-hybridized carbons (Fsp3) is 0.0238. The Morgan fingerprint density at radius 1 is 0.514 bits per heavy atom. The predicted octanol–water partition coefficient (Wildman–Crippen LogP) is 9.83. The van der Waals surface area contributed by atoms with Crippen LogP contribution in [0.4, 0.5) is 93.5 Å². The normalized spacial score (nSPS) is 11.3. The molecule has 0 aliphatic carbocycles. The molecular weight excluding hydrogens is 997 g/mol. The van der Waals surface area contributed by atoms with Crippen molar-refractivity contribution in [1.29, 1.82) is 0 Å². The van der Waals surface area contributed by atoms with E-state index in [9.17, 15) is 57.5 Å². The van der Waals surface area contributed by atoms with Crippen LogP contribution in [0.15, 0.2) is 78.3 Å². The molecule has 7 nitrogen and oxygen atoms in total. The Bertz CT molecular complexity index is 2940. The molecule has 0 N–H and O–H groups in total. The molecule has 0 fully saturated rings. The number of carbonyl (C=O) groups excluding carboxylic acids is 1. The molecule has 0 bridgehead atoms. The average Bonchev–Trinajstić information content (AvgIpc) is 3.35. The molecule has 0 unspecified atom stereocenters. The maximum absolute atomic E-state index is 15.4. The van der Waals surface area contributed by atoms with E-state index in [1.807, 2.05) is 18.2 Å². The number of halogens is 20. The minimum absolute atomic E-state index is 0.0375. The first-order chi connectivity index (χ1) is 33.0. The second kappa shape index (κ2) is 19.8. The standard InChI is InChI=1S/C24BF20.C18H14N5O2/c26-5-1(6(27)14(35)21(42)13(5)34)25(2-7(28)15(36)22(43)16(37)8(2)29,3-9(30)17(38)23(44)18(39)10(3)31)4-11(32)19(40)24(45)20(41)12(4)33;19-22-21-15-7-4-8-16(11-15)25-18-12-20-9-10-23(18)13-17(24)14-5-2-1-3-6-14/h;1-12H,13H2/q-1;+1. The van der Waals surface area contributed by atoms with E-state index in [0.717, 1.165) is 0 Å². The van der Waals surface area contributed by atoms with E-state index in [1.54, 1.807) is 53.4 Å². The van der Waals surface area contributed by atoms with E-state index in [1.165, 1.54) is 6.20 Å². The van der Waals surface area contributed by atoms with Crippen LogP contribution in [-0.4, -0.2) is 16.9 Å². The molecule has 0 radical (unpaired) electrons. The molecule has 7 aromatic rings. The molecule has 0 saturated heterocycles. The van der Waals surface area contributed by atoms with Crippen LogP contribution in [0.5, 0.6) is 11.6 Å². The number of azide groups is 1. The molecule has 0 aliphatic heterocycles. The molecular formula is C42H14BF20N5O2. The van der Waals surface area contributed by atoms with Crippen molar-refractivity contribution in [2.75, 3.05) is 0 Å². The smallest absolute Gasteiger partial charge is 0.392 e. The first-order valence-electron chi connectivity index (χ1n) is 18.4. The lowest BCUT2D eigenvalue weighted by Crippen LogP contribution is -2.81. The Kier molecular flexibility index (Phi) is 14.5. The van der Waals surface area contributed by atoms with Gasteiger partial charge in [-0.05, 0) is 17.7 Å². The number of hydrogen-bond donors (Lipinski definition) is 0. The molecule has 28 heteroatoms. The summed E-state index contributed by atoms with van der Waals surface area (Å²) in [6, 6.07) is 15.8. The van der Waals surface area contributed by atoms with Gasteiger partial charge in [-0.25, -0.2) is 92.8 Å². The van der Waals surface area contributed by atoms with E-state index in [2.05, 4.69) is 15.0 Å². The number of Topliss-reactive ketones (excluding diaryl/α,β-unsaturated/α-hetero) is 1. The highest BCUT2D eigenvalue weighted by Gasteiger charge is 2.52. The fourth-order valence-electron chi connectivity index (χ4n) is 7.11. The lowest BCUT2D eigenvalue weighted by atomic mass is 9.12. The molecule has 362 valence electrons. The molecule has 6 aromatic carbocycles. The number of ether oxygens (including phenoxy) is 1. The SMILES string of the molecule is Fc1c(F)c(F)c([B-](c2c(F)c(F)c(F)c(F)c2F)(c2c(F)c(F)c(F)c(F)c2F)c2c(F)c(F)c(F)c(F)c2F)c(F)c1F.[N-]=[N+]=Nc1cccc(Oc2cncc[n+]2CC(=O)c2ccccc2)c1. The van der Waals surface area contributed by atoms with Crippen LogP contribution in [0, 0.1) is 116 Å². The van der Waals surface area contributed by atoms with E-state index >= 15 is 35.1 Å². The molecule has 1 heterocycles. The number of aromatic nitrogens is 2. The molecule has 1 aromatic heterocycles. The molecule has 0 saturated carbocycles. The predicted molar refractivity (Wildman–Crippen MR) is 200 cm³/mol. The van der Waals surface area contributed by atoms with Gasteiger partial charge < -0.3 is 4.74 Å². The number of ketones is 1.